The summed E-state index contributed by atoms with van der Waals surface area (Å²) in [4.78, 5) is 25.6. The summed E-state index contributed by atoms with van der Waals surface area (Å²) in [6, 6.07) is 9.87. The van der Waals surface area contributed by atoms with Crippen LogP contribution in [0.2, 0.25) is 0 Å². The van der Waals surface area contributed by atoms with Gasteiger partial charge in [0.2, 0.25) is 0 Å². The molecule has 1 heterocycles. The molecule has 32 heavy (non-hydrogen) atoms. The first-order valence-electron chi connectivity index (χ1n) is 11.2. The lowest BCUT2D eigenvalue weighted by atomic mass is 9.77. The number of aliphatic hydroxyl groups is 1. The normalized spacial score (nSPS) is 30.4. The zero-order valence-corrected chi connectivity index (χ0v) is 19.8. The number of carbonyl (C=O) groups excluding carboxylic acids is 2. The summed E-state index contributed by atoms with van der Waals surface area (Å²) >= 11 is 0. The van der Waals surface area contributed by atoms with E-state index in [4.69, 9.17) is 9.47 Å². The largest absolute Gasteiger partial charge is 0.454 e. The van der Waals surface area contributed by atoms with Crippen LogP contribution < -0.4 is 0 Å². The third-order valence-corrected chi connectivity index (χ3v) is 5.85. The van der Waals surface area contributed by atoms with Crippen LogP contribution in [0.3, 0.4) is 0 Å². The fourth-order valence-electron chi connectivity index (χ4n) is 3.71. The third kappa shape index (κ3) is 7.57. The average Bonchev–Trinajstić information content (AvgIpc) is 2.77. The smallest absolute Gasteiger partial charge is 0.331 e. The summed E-state index contributed by atoms with van der Waals surface area (Å²) in [6.07, 6.45) is 7.96. The molecule has 5 nitrogen and oxygen atoms in total. The maximum Gasteiger partial charge on any atom is 0.331 e. The number of ketones is 1. The van der Waals surface area contributed by atoms with Crippen LogP contribution in [0.5, 0.6) is 0 Å². The number of benzene rings is 1. The van der Waals surface area contributed by atoms with Gasteiger partial charge in [-0.05, 0) is 31.9 Å². The molecule has 0 saturated heterocycles. The van der Waals surface area contributed by atoms with Crippen molar-refractivity contribution in [2.24, 2.45) is 17.3 Å². The Hall–Kier alpha value is -2.50. The Balaban J connectivity index is 2.28. The number of ether oxygens (including phenoxy) is 2. The molecule has 1 aromatic rings. The number of carbonyl (C=O) groups is 2. The van der Waals surface area contributed by atoms with Gasteiger partial charge in [0.05, 0.1) is 19.3 Å². The molecule has 4 atom stereocenters. The molecule has 174 valence electrons. The maximum atomic E-state index is 13.0. The van der Waals surface area contributed by atoms with Gasteiger partial charge in [-0.25, -0.2) is 4.79 Å². The molecule has 0 radical (unpaired) electrons. The van der Waals surface area contributed by atoms with E-state index < -0.39 is 29.5 Å². The first-order chi connectivity index (χ1) is 15.1. The van der Waals surface area contributed by atoms with Crippen LogP contribution in [0, 0.1) is 17.3 Å². The van der Waals surface area contributed by atoms with Crippen molar-refractivity contribution in [2.45, 2.75) is 53.2 Å². The summed E-state index contributed by atoms with van der Waals surface area (Å²) in [5.41, 5.74) is 1.04. The van der Waals surface area contributed by atoms with E-state index in [1.165, 1.54) is 6.08 Å². The predicted octanol–water partition coefficient (Wildman–Crippen LogP) is 4.76. The number of esters is 1. The standard InChI is InChI=1S/C27H36O5/c1-19(17-22-11-7-6-8-12-22)23-13-9-10-16-31-18-20(2)25(29)21(3)26(30)27(4,5)15-14-24(28)32-23/h6-12,14-15,17,20-21,23,25,29H,13,16,18H2,1-5H3/b10-9+,15-14+,19-17+/t20-,21+,23-,25+/m0/s1. The summed E-state index contributed by atoms with van der Waals surface area (Å²) in [5, 5.41) is 10.6. The molecule has 2 rings (SSSR count). The minimum Gasteiger partial charge on any atom is -0.454 e. The molecular formula is C27H36O5. The van der Waals surface area contributed by atoms with Crippen molar-refractivity contribution in [1.29, 1.82) is 0 Å². The molecule has 1 aliphatic rings. The van der Waals surface area contributed by atoms with E-state index in [0.29, 0.717) is 19.6 Å². The van der Waals surface area contributed by atoms with Gasteiger partial charge in [0, 0.05) is 29.7 Å². The topological polar surface area (TPSA) is 72.8 Å². The van der Waals surface area contributed by atoms with Crippen LogP contribution in [-0.4, -0.2) is 42.3 Å². The van der Waals surface area contributed by atoms with Crippen LogP contribution in [0.25, 0.3) is 6.08 Å². The van der Waals surface area contributed by atoms with Crippen LogP contribution in [0.4, 0.5) is 0 Å². The zero-order chi connectivity index (χ0) is 23.7. The van der Waals surface area contributed by atoms with Crippen LogP contribution >= 0.6 is 0 Å². The van der Waals surface area contributed by atoms with E-state index >= 15 is 0 Å². The number of cyclic esters (lactones) is 1. The molecule has 0 unspecified atom stereocenters. The molecule has 0 aromatic heterocycles. The summed E-state index contributed by atoms with van der Waals surface area (Å²) in [6.45, 7) is 9.75. The minimum atomic E-state index is -0.915. The van der Waals surface area contributed by atoms with Gasteiger partial charge in [-0.15, -0.1) is 0 Å². The number of allylic oxidation sites excluding steroid dienone is 1. The van der Waals surface area contributed by atoms with Crippen molar-refractivity contribution >= 4 is 17.8 Å². The highest BCUT2D eigenvalue weighted by atomic mass is 16.5. The Kier molecular flexibility index (Phi) is 9.60. The Morgan fingerprint density at radius 2 is 1.81 bits per heavy atom. The lowest BCUT2D eigenvalue weighted by Crippen LogP contribution is -2.39. The SMILES string of the molecule is C/C(=C\c1ccccc1)[C@@H]1C/C=C/COC[C@H](C)[C@@H](O)[C@@H](C)C(=O)C(C)(C)/C=C/C(=O)O1. The predicted molar refractivity (Wildman–Crippen MR) is 127 cm³/mol. The van der Waals surface area contributed by atoms with Gasteiger partial charge in [-0.1, -0.05) is 68.5 Å². The van der Waals surface area contributed by atoms with E-state index in [2.05, 4.69) is 0 Å². The quantitative estimate of drug-likeness (QED) is 0.530. The van der Waals surface area contributed by atoms with E-state index in [1.54, 1.807) is 26.8 Å². The number of Topliss-reactive ketones (excluding diaryl/α,β-unsaturated/α-hetero) is 1. The van der Waals surface area contributed by atoms with Crippen molar-refractivity contribution in [2.75, 3.05) is 13.2 Å². The van der Waals surface area contributed by atoms with Crippen molar-refractivity contribution in [3.63, 3.8) is 0 Å². The van der Waals surface area contributed by atoms with Crippen LogP contribution in [-0.2, 0) is 19.1 Å². The molecule has 0 spiro atoms. The second-order valence-corrected chi connectivity index (χ2v) is 9.14. The van der Waals surface area contributed by atoms with E-state index in [1.807, 2.05) is 62.4 Å². The molecule has 1 aliphatic heterocycles. The number of hydrogen-bond acceptors (Lipinski definition) is 5. The Labute approximate surface area is 191 Å². The minimum absolute atomic E-state index is 0.135. The Morgan fingerprint density at radius 3 is 2.50 bits per heavy atom. The monoisotopic (exact) mass is 440 g/mol. The molecule has 0 aliphatic carbocycles. The molecule has 0 fully saturated rings. The fraction of sp³-hybridized carbons (Fsp3) is 0.481. The summed E-state index contributed by atoms with van der Waals surface area (Å²) < 4.78 is 11.4. The number of rotatable bonds is 2. The van der Waals surface area contributed by atoms with Crippen LogP contribution in [0.1, 0.15) is 46.6 Å². The van der Waals surface area contributed by atoms with Crippen LogP contribution in [0.15, 0.2) is 60.2 Å². The second kappa shape index (κ2) is 11.9. The van der Waals surface area contributed by atoms with E-state index in [9.17, 15) is 14.7 Å². The Morgan fingerprint density at radius 1 is 1.12 bits per heavy atom. The van der Waals surface area contributed by atoms with Crippen molar-refractivity contribution in [3.8, 4) is 0 Å². The molecule has 5 heteroatoms. The van der Waals surface area contributed by atoms with Crippen molar-refractivity contribution < 1.29 is 24.2 Å². The van der Waals surface area contributed by atoms with Gasteiger partial charge in [-0.2, -0.15) is 0 Å². The third-order valence-electron chi connectivity index (χ3n) is 5.85. The first kappa shape index (κ1) is 25.8. The van der Waals surface area contributed by atoms with Gasteiger partial charge in [-0.3, -0.25) is 4.79 Å². The molecule has 0 bridgehead atoms. The van der Waals surface area contributed by atoms with Crippen molar-refractivity contribution in [1.82, 2.24) is 0 Å². The fourth-order valence-corrected chi connectivity index (χ4v) is 3.71. The number of hydrogen-bond donors (Lipinski definition) is 1. The highest BCUT2D eigenvalue weighted by Gasteiger charge is 2.35. The molecular weight excluding hydrogens is 404 g/mol. The van der Waals surface area contributed by atoms with Gasteiger partial charge >= 0.3 is 5.97 Å². The lowest BCUT2D eigenvalue weighted by Gasteiger charge is -2.29. The van der Waals surface area contributed by atoms with Gasteiger partial charge in [0.15, 0.2) is 0 Å². The molecule has 0 saturated carbocycles. The highest BCUT2D eigenvalue weighted by molar-refractivity contribution is 5.90. The summed E-state index contributed by atoms with van der Waals surface area (Å²) in [5.74, 6) is -1.42. The van der Waals surface area contributed by atoms with E-state index in [-0.39, 0.29) is 11.7 Å². The average molecular weight is 441 g/mol. The maximum absolute atomic E-state index is 13.0. The van der Waals surface area contributed by atoms with Gasteiger partial charge in [0.1, 0.15) is 11.9 Å². The molecule has 0 amide bonds. The zero-order valence-electron chi connectivity index (χ0n) is 19.8. The van der Waals surface area contributed by atoms with Gasteiger partial charge in [0.25, 0.3) is 0 Å². The first-order valence-corrected chi connectivity index (χ1v) is 11.2. The van der Waals surface area contributed by atoms with Crippen molar-refractivity contribution in [3.05, 3.63) is 65.8 Å². The molecule has 1 aromatic carbocycles. The highest BCUT2D eigenvalue weighted by Crippen LogP contribution is 2.27. The Bertz CT molecular complexity index is 850. The lowest BCUT2D eigenvalue weighted by molar-refractivity contribution is -0.141. The van der Waals surface area contributed by atoms with Gasteiger partial charge < -0.3 is 14.6 Å². The number of aliphatic hydroxyl groups excluding tert-OH is 1. The van der Waals surface area contributed by atoms with E-state index in [0.717, 1.165) is 11.1 Å². The second-order valence-electron chi connectivity index (χ2n) is 9.14. The molecule has 1 N–H and O–H groups in total. The summed E-state index contributed by atoms with van der Waals surface area (Å²) in [7, 11) is 0.